The number of rotatable bonds is 9. The fraction of sp³-hybridized carbons (Fsp3) is 0. The van der Waals surface area contributed by atoms with Gasteiger partial charge in [-0.05, 0) is 64.8 Å². The molecule has 0 amide bonds. The van der Waals surface area contributed by atoms with E-state index in [1.165, 1.54) is 113 Å². The molecule has 71 heavy (non-hydrogen) atoms. The molecule has 0 saturated heterocycles. The van der Waals surface area contributed by atoms with Crippen molar-refractivity contribution in [1.29, 1.82) is 0 Å². The van der Waals surface area contributed by atoms with E-state index in [2.05, 4.69) is 267 Å². The van der Waals surface area contributed by atoms with E-state index in [-0.39, 0.29) is 0 Å². The molecule has 0 saturated carbocycles. The minimum Gasteiger partial charge on any atom is -0.135 e. The average Bonchev–Trinajstić information content (AvgIpc) is 4.16. The lowest BCUT2D eigenvalue weighted by atomic mass is 10.0. The summed E-state index contributed by atoms with van der Waals surface area (Å²) in [7, 11) is -6.13. The molecule has 0 bridgehead atoms. The predicted octanol–water partition coefficient (Wildman–Crippen LogP) is 13.2. The van der Waals surface area contributed by atoms with Crippen molar-refractivity contribution in [2.75, 3.05) is 0 Å². The molecule has 14 aromatic rings. The van der Waals surface area contributed by atoms with Crippen molar-refractivity contribution in [2.24, 2.45) is 0 Å². The third-order valence-electron chi connectivity index (χ3n) is 15.0. The molecular formula is C66H44S3Si2. The van der Waals surface area contributed by atoms with Gasteiger partial charge in [-0.25, -0.2) is 0 Å². The van der Waals surface area contributed by atoms with Crippen LogP contribution in [0.15, 0.2) is 267 Å². The van der Waals surface area contributed by atoms with Crippen molar-refractivity contribution in [1.82, 2.24) is 0 Å². The molecular weight excluding hydrogens is 945 g/mol. The van der Waals surface area contributed by atoms with Crippen molar-refractivity contribution in [2.45, 2.75) is 0 Å². The van der Waals surface area contributed by atoms with Gasteiger partial charge in [0.25, 0.3) is 0 Å². The number of thiophene rings is 3. The molecule has 0 fully saturated rings. The summed E-state index contributed by atoms with van der Waals surface area (Å²) >= 11 is 5.89. The van der Waals surface area contributed by atoms with Crippen LogP contribution in [0.25, 0.3) is 71.6 Å². The summed E-state index contributed by atoms with van der Waals surface area (Å²) in [6.45, 7) is 0. The zero-order chi connectivity index (χ0) is 46.9. The van der Waals surface area contributed by atoms with E-state index in [1.807, 2.05) is 34.0 Å². The minimum absolute atomic E-state index is 1.26. The quantitative estimate of drug-likeness (QED) is 0.0999. The number of hydrogen-bond acceptors (Lipinski definition) is 3. The highest BCUT2D eigenvalue weighted by Gasteiger charge is 2.46. The molecule has 0 nitrogen and oxygen atoms in total. The lowest BCUT2D eigenvalue weighted by Gasteiger charge is -2.35. The van der Waals surface area contributed by atoms with Crippen LogP contribution < -0.4 is 41.5 Å². The van der Waals surface area contributed by atoms with Crippen LogP contribution in [0.5, 0.6) is 0 Å². The van der Waals surface area contributed by atoms with Crippen molar-refractivity contribution < 1.29 is 0 Å². The first kappa shape index (κ1) is 42.4. The first-order valence-corrected chi connectivity index (χ1v) is 30.8. The minimum atomic E-state index is -3.07. The van der Waals surface area contributed by atoms with Gasteiger partial charge < -0.3 is 0 Å². The molecule has 0 aliphatic rings. The Morgan fingerprint density at radius 2 is 0.563 bits per heavy atom. The molecule has 0 N–H and O–H groups in total. The summed E-state index contributed by atoms with van der Waals surface area (Å²) in [5, 5.41) is 19.2. The van der Waals surface area contributed by atoms with Crippen LogP contribution in [-0.2, 0) is 0 Å². The summed E-state index contributed by atoms with van der Waals surface area (Å²) < 4.78 is 8.13. The zero-order valence-electron chi connectivity index (χ0n) is 38.6. The van der Waals surface area contributed by atoms with Crippen LogP contribution in [0.4, 0.5) is 0 Å². The van der Waals surface area contributed by atoms with Crippen molar-refractivity contribution in [3.05, 3.63) is 267 Å². The van der Waals surface area contributed by atoms with Gasteiger partial charge in [0, 0.05) is 60.5 Å². The molecule has 5 heteroatoms. The Morgan fingerprint density at radius 1 is 0.225 bits per heavy atom. The van der Waals surface area contributed by atoms with E-state index in [4.69, 9.17) is 0 Å². The topological polar surface area (TPSA) is 0 Å². The third-order valence-corrected chi connectivity index (χ3v) is 28.9. The predicted molar refractivity (Wildman–Crippen MR) is 318 cm³/mol. The van der Waals surface area contributed by atoms with E-state index in [9.17, 15) is 0 Å². The Kier molecular flexibility index (Phi) is 10.2. The molecule has 14 rings (SSSR count). The highest BCUT2D eigenvalue weighted by Crippen LogP contribution is 2.41. The van der Waals surface area contributed by atoms with Crippen molar-refractivity contribution in [3.63, 3.8) is 0 Å². The second-order valence-electron chi connectivity index (χ2n) is 18.6. The number of fused-ring (bicyclic) bond motifs is 9. The molecule has 11 aromatic carbocycles. The fourth-order valence-corrected chi connectivity index (χ4v) is 27.1. The van der Waals surface area contributed by atoms with Crippen LogP contribution in [0, 0.1) is 0 Å². The molecule has 334 valence electrons. The molecule has 0 atom stereocenters. The second kappa shape index (κ2) is 17.1. The smallest absolute Gasteiger partial charge is 0.135 e. The van der Waals surface area contributed by atoms with E-state index >= 15 is 0 Å². The summed E-state index contributed by atoms with van der Waals surface area (Å²) in [5.41, 5.74) is 2.54. The monoisotopic (exact) mass is 988 g/mol. The van der Waals surface area contributed by atoms with Gasteiger partial charge in [0.2, 0.25) is 0 Å². The normalized spacial score (nSPS) is 12.2. The van der Waals surface area contributed by atoms with Crippen LogP contribution in [0.1, 0.15) is 0 Å². The summed E-state index contributed by atoms with van der Waals surface area (Å²) in [4.78, 5) is 0. The van der Waals surface area contributed by atoms with Crippen molar-refractivity contribution >= 4 is 152 Å². The molecule has 3 heterocycles. The Bertz CT molecular complexity index is 4210. The standard InChI is InChI=1S/C66H44S3Si2/c1-5-23-46(24-6-1)70(47-25-7-2-8-26-47,50-31-17-22-45(44-50)51-34-18-35-54-52-32-13-15-39-58(52)67-63(51)54)60-41-20-37-56-57-38-21-43-62(66(57)69-65(56)60)71(48-27-9-3-10-28-48,49-29-11-4-12-30-49)61-42-19-36-55-53-33-14-16-40-59(53)68-64(55)61/h1-44H. The maximum absolute atomic E-state index is 3.07. The van der Waals surface area contributed by atoms with Crippen LogP contribution >= 0.6 is 34.0 Å². The average molecular weight is 989 g/mol. The van der Waals surface area contributed by atoms with Crippen LogP contribution in [0.2, 0.25) is 0 Å². The fourth-order valence-electron chi connectivity index (χ4n) is 12.0. The summed E-state index contributed by atoms with van der Waals surface area (Å²) in [5.74, 6) is 0. The largest absolute Gasteiger partial charge is 0.182 e. The van der Waals surface area contributed by atoms with Crippen LogP contribution in [-0.4, -0.2) is 16.1 Å². The van der Waals surface area contributed by atoms with Gasteiger partial charge in [-0.3, -0.25) is 0 Å². The maximum atomic E-state index is 2.55. The molecule has 0 aliphatic heterocycles. The maximum Gasteiger partial charge on any atom is 0.182 e. The van der Waals surface area contributed by atoms with Crippen molar-refractivity contribution in [3.8, 4) is 11.1 Å². The van der Waals surface area contributed by atoms with E-state index < -0.39 is 16.1 Å². The lowest BCUT2D eigenvalue weighted by molar-refractivity contribution is 1.66. The van der Waals surface area contributed by atoms with E-state index in [0.29, 0.717) is 0 Å². The van der Waals surface area contributed by atoms with Gasteiger partial charge in [0.1, 0.15) is 0 Å². The third kappa shape index (κ3) is 6.44. The first-order valence-electron chi connectivity index (χ1n) is 24.3. The Labute approximate surface area is 427 Å². The SMILES string of the molecule is c1ccc([Si](c2ccccc2)(c2cccc(-c3cccc4c3sc3ccccc34)c2)c2cccc3c2sc2c([Si](c4ccccc4)(c4ccccc4)c4cccc5c4sc4ccccc45)cccc23)cc1. The highest BCUT2D eigenvalue weighted by atomic mass is 32.1. The molecule has 3 aromatic heterocycles. The van der Waals surface area contributed by atoms with E-state index in [0.717, 1.165) is 0 Å². The second-order valence-corrected chi connectivity index (χ2v) is 29.2. The zero-order valence-corrected chi connectivity index (χ0v) is 43.1. The molecule has 0 radical (unpaired) electrons. The molecule has 0 spiro atoms. The number of hydrogen-bond donors (Lipinski definition) is 0. The van der Waals surface area contributed by atoms with E-state index in [1.54, 1.807) is 0 Å². The Morgan fingerprint density at radius 3 is 1.07 bits per heavy atom. The van der Waals surface area contributed by atoms with Gasteiger partial charge in [-0.2, -0.15) is 0 Å². The van der Waals surface area contributed by atoms with Crippen LogP contribution in [0.3, 0.4) is 0 Å². The number of benzene rings is 11. The van der Waals surface area contributed by atoms with Gasteiger partial charge in [-0.15, -0.1) is 34.0 Å². The lowest BCUT2D eigenvalue weighted by Crippen LogP contribution is -2.75. The first-order chi connectivity index (χ1) is 35.2. The molecule has 0 unspecified atom stereocenters. The highest BCUT2D eigenvalue weighted by molar-refractivity contribution is 7.35. The van der Waals surface area contributed by atoms with Gasteiger partial charge in [-0.1, -0.05) is 255 Å². The molecule has 0 aliphatic carbocycles. The Balaban J connectivity index is 1.09. The Hall–Kier alpha value is -7.49. The van der Waals surface area contributed by atoms with Gasteiger partial charge in [0.15, 0.2) is 16.1 Å². The summed E-state index contributed by atoms with van der Waals surface area (Å²) in [6.07, 6.45) is 0. The van der Waals surface area contributed by atoms with Gasteiger partial charge >= 0.3 is 0 Å². The summed E-state index contributed by atoms with van der Waals surface area (Å²) in [6, 6.07) is 102. The van der Waals surface area contributed by atoms with Gasteiger partial charge in [0.05, 0.1) is 0 Å².